The summed E-state index contributed by atoms with van der Waals surface area (Å²) in [4.78, 5) is 27.3. The number of rotatable bonds is 9. The Balaban J connectivity index is 1.89. The summed E-state index contributed by atoms with van der Waals surface area (Å²) in [6.07, 6.45) is 5.24. The van der Waals surface area contributed by atoms with E-state index in [1.54, 1.807) is 6.20 Å². The molecule has 0 aromatic carbocycles. The average Bonchev–Trinajstić information content (AvgIpc) is 2.95. The van der Waals surface area contributed by atoms with Crippen LogP contribution in [0.5, 0.6) is 0 Å². The van der Waals surface area contributed by atoms with E-state index >= 15 is 0 Å². The zero-order valence-corrected chi connectivity index (χ0v) is 15.1. The second-order valence-electron chi connectivity index (χ2n) is 6.53. The Labute approximate surface area is 147 Å². The molecule has 1 amide bonds. The molecule has 0 aliphatic carbocycles. The minimum absolute atomic E-state index is 0.130. The Morgan fingerprint density at radius 1 is 1.24 bits per heavy atom. The summed E-state index contributed by atoms with van der Waals surface area (Å²) in [7, 11) is 0. The van der Waals surface area contributed by atoms with E-state index in [1.165, 1.54) is 0 Å². The van der Waals surface area contributed by atoms with Gasteiger partial charge < -0.3 is 10.4 Å². The number of aryl methyl sites for hydroxylation is 1. The van der Waals surface area contributed by atoms with Gasteiger partial charge in [0.15, 0.2) is 5.65 Å². The Hall–Kier alpha value is -2.44. The molecule has 0 aliphatic heterocycles. The van der Waals surface area contributed by atoms with Gasteiger partial charge in [0.25, 0.3) is 5.91 Å². The van der Waals surface area contributed by atoms with Crippen LogP contribution in [-0.4, -0.2) is 38.3 Å². The zero-order chi connectivity index (χ0) is 18.4. The lowest BCUT2D eigenvalue weighted by Crippen LogP contribution is -2.25. The summed E-state index contributed by atoms with van der Waals surface area (Å²) in [5.74, 6) is -0.887. The maximum absolute atomic E-state index is 12.4. The molecule has 7 nitrogen and oxygen atoms in total. The lowest BCUT2D eigenvalue weighted by atomic mass is 10.1. The first-order chi connectivity index (χ1) is 11.9. The molecular weight excluding hydrogens is 320 g/mol. The largest absolute Gasteiger partial charge is 0.481 e. The lowest BCUT2D eigenvalue weighted by molar-refractivity contribution is -0.137. The van der Waals surface area contributed by atoms with Gasteiger partial charge in [-0.25, -0.2) is 9.67 Å². The van der Waals surface area contributed by atoms with E-state index in [9.17, 15) is 9.59 Å². The van der Waals surface area contributed by atoms with Crippen LogP contribution in [0.4, 0.5) is 0 Å². The van der Waals surface area contributed by atoms with Crippen LogP contribution in [0.1, 0.15) is 68.0 Å². The molecule has 0 bridgehead atoms. The summed E-state index contributed by atoms with van der Waals surface area (Å²) >= 11 is 0. The third kappa shape index (κ3) is 5.01. The molecule has 0 fully saturated rings. The molecule has 0 radical (unpaired) electrons. The van der Waals surface area contributed by atoms with Gasteiger partial charge in [-0.05, 0) is 39.7 Å². The van der Waals surface area contributed by atoms with Gasteiger partial charge in [0.2, 0.25) is 0 Å². The van der Waals surface area contributed by atoms with Crippen LogP contribution < -0.4 is 5.32 Å². The highest BCUT2D eigenvalue weighted by atomic mass is 16.4. The molecule has 0 unspecified atom stereocenters. The van der Waals surface area contributed by atoms with Gasteiger partial charge in [0, 0.05) is 24.4 Å². The van der Waals surface area contributed by atoms with Crippen molar-refractivity contribution < 1.29 is 14.7 Å². The molecule has 0 saturated carbocycles. The minimum atomic E-state index is -0.757. The van der Waals surface area contributed by atoms with Gasteiger partial charge in [0.1, 0.15) is 0 Å². The van der Waals surface area contributed by atoms with E-state index in [-0.39, 0.29) is 18.4 Å². The average molecular weight is 346 g/mol. The van der Waals surface area contributed by atoms with Crippen LogP contribution in [0.15, 0.2) is 12.3 Å². The number of hydrogen-bond acceptors (Lipinski definition) is 4. The third-order valence-electron chi connectivity index (χ3n) is 4.10. The number of amides is 1. The van der Waals surface area contributed by atoms with Crippen LogP contribution in [0.2, 0.25) is 0 Å². The van der Waals surface area contributed by atoms with E-state index in [4.69, 9.17) is 5.11 Å². The molecule has 2 rings (SSSR count). The Morgan fingerprint density at radius 3 is 2.64 bits per heavy atom. The molecule has 0 saturated heterocycles. The van der Waals surface area contributed by atoms with Crippen molar-refractivity contribution >= 4 is 22.9 Å². The van der Waals surface area contributed by atoms with Gasteiger partial charge in [-0.15, -0.1) is 0 Å². The van der Waals surface area contributed by atoms with Crippen LogP contribution in [0.25, 0.3) is 11.0 Å². The molecule has 136 valence electrons. The Morgan fingerprint density at radius 2 is 1.96 bits per heavy atom. The summed E-state index contributed by atoms with van der Waals surface area (Å²) in [5, 5.41) is 16.7. The van der Waals surface area contributed by atoms with E-state index < -0.39 is 5.97 Å². The highest BCUT2D eigenvalue weighted by Gasteiger charge is 2.14. The second-order valence-corrected chi connectivity index (χ2v) is 6.53. The minimum Gasteiger partial charge on any atom is -0.481 e. The van der Waals surface area contributed by atoms with Gasteiger partial charge in [0.05, 0.1) is 17.5 Å². The summed E-state index contributed by atoms with van der Waals surface area (Å²) in [5.41, 5.74) is 2.05. The number of carbonyl (C=O) groups is 2. The molecule has 2 aromatic rings. The molecule has 2 heterocycles. The SMILES string of the molecule is Cc1nc2c(cnn2C(C)C)cc1C(=O)NCCCCCCC(=O)O. The molecule has 0 atom stereocenters. The highest BCUT2D eigenvalue weighted by Crippen LogP contribution is 2.19. The number of aliphatic carboxylic acids is 1. The topological polar surface area (TPSA) is 97.1 Å². The molecular formula is C18H26N4O3. The Kier molecular flexibility index (Phi) is 6.50. The van der Waals surface area contributed by atoms with Gasteiger partial charge in [-0.3, -0.25) is 9.59 Å². The number of pyridine rings is 1. The number of carboxylic acids is 1. The van der Waals surface area contributed by atoms with Gasteiger partial charge in [-0.1, -0.05) is 12.8 Å². The zero-order valence-electron chi connectivity index (χ0n) is 15.1. The summed E-state index contributed by atoms with van der Waals surface area (Å²) in [6.45, 7) is 6.49. The van der Waals surface area contributed by atoms with E-state index in [0.717, 1.165) is 30.3 Å². The van der Waals surface area contributed by atoms with Crippen molar-refractivity contribution in [1.82, 2.24) is 20.1 Å². The van der Waals surface area contributed by atoms with E-state index in [0.29, 0.717) is 24.2 Å². The maximum Gasteiger partial charge on any atom is 0.303 e. The van der Waals surface area contributed by atoms with Crippen molar-refractivity contribution in [2.24, 2.45) is 0 Å². The Bertz CT molecular complexity index is 752. The normalized spacial score (nSPS) is 11.2. The first kappa shape index (κ1) is 18.9. The number of unbranched alkanes of at least 4 members (excludes halogenated alkanes) is 3. The monoisotopic (exact) mass is 346 g/mol. The number of fused-ring (bicyclic) bond motifs is 1. The fourth-order valence-electron chi connectivity index (χ4n) is 2.73. The van der Waals surface area contributed by atoms with Crippen LogP contribution in [-0.2, 0) is 4.79 Å². The predicted molar refractivity (Wildman–Crippen MR) is 95.7 cm³/mol. The number of carbonyl (C=O) groups excluding carboxylic acids is 1. The van der Waals surface area contributed by atoms with Gasteiger partial charge >= 0.3 is 5.97 Å². The van der Waals surface area contributed by atoms with Crippen LogP contribution in [0.3, 0.4) is 0 Å². The number of aromatic nitrogens is 3. The van der Waals surface area contributed by atoms with Gasteiger partial charge in [-0.2, -0.15) is 5.10 Å². The number of nitrogens with zero attached hydrogens (tertiary/aromatic N) is 3. The fraction of sp³-hybridized carbons (Fsp3) is 0.556. The van der Waals surface area contributed by atoms with Crippen LogP contribution >= 0.6 is 0 Å². The summed E-state index contributed by atoms with van der Waals surface area (Å²) in [6, 6.07) is 2.05. The van der Waals surface area contributed by atoms with E-state index in [2.05, 4.69) is 15.4 Å². The lowest BCUT2D eigenvalue weighted by Gasteiger charge is -2.10. The smallest absolute Gasteiger partial charge is 0.303 e. The first-order valence-corrected chi connectivity index (χ1v) is 8.75. The van der Waals surface area contributed by atoms with Crippen molar-refractivity contribution in [3.63, 3.8) is 0 Å². The fourth-order valence-corrected chi connectivity index (χ4v) is 2.73. The summed E-state index contributed by atoms with van der Waals surface area (Å²) < 4.78 is 1.85. The van der Waals surface area contributed by atoms with Crippen molar-refractivity contribution in [1.29, 1.82) is 0 Å². The van der Waals surface area contributed by atoms with Crippen molar-refractivity contribution in [2.75, 3.05) is 6.54 Å². The van der Waals surface area contributed by atoms with Crippen LogP contribution in [0, 0.1) is 6.92 Å². The molecule has 25 heavy (non-hydrogen) atoms. The standard InChI is InChI=1S/C18H26N4O3/c1-12(2)22-17-14(11-20-22)10-15(13(3)21-17)18(25)19-9-7-5-4-6-8-16(23)24/h10-12H,4-9H2,1-3H3,(H,19,25)(H,23,24). The molecule has 7 heteroatoms. The van der Waals surface area contributed by atoms with E-state index in [1.807, 2.05) is 31.5 Å². The van der Waals surface area contributed by atoms with Crippen molar-refractivity contribution in [2.45, 2.75) is 58.9 Å². The molecule has 2 N–H and O–H groups in total. The molecule has 0 aliphatic rings. The van der Waals surface area contributed by atoms with Crippen molar-refractivity contribution in [3.05, 3.63) is 23.5 Å². The molecule has 0 spiro atoms. The highest BCUT2D eigenvalue weighted by molar-refractivity contribution is 5.98. The predicted octanol–water partition coefficient (Wildman–Crippen LogP) is 3.09. The second kappa shape index (κ2) is 8.60. The first-order valence-electron chi connectivity index (χ1n) is 8.75. The number of nitrogens with one attached hydrogen (secondary N) is 1. The number of carboxylic acid groups (broad SMARTS) is 1. The maximum atomic E-state index is 12.4. The quantitative estimate of drug-likeness (QED) is 0.680. The number of hydrogen-bond donors (Lipinski definition) is 2. The molecule has 2 aromatic heterocycles. The van der Waals surface area contributed by atoms with Crippen molar-refractivity contribution in [3.8, 4) is 0 Å². The third-order valence-corrected chi connectivity index (χ3v) is 4.10.